The molecule has 1 atom stereocenters. The Balaban J connectivity index is 1.66. The first-order chi connectivity index (χ1) is 14.7. The molecule has 0 spiro atoms. The van der Waals surface area contributed by atoms with Gasteiger partial charge in [-0.3, -0.25) is 4.79 Å². The van der Waals surface area contributed by atoms with E-state index in [1.54, 1.807) is 13.8 Å². The molecule has 2 amide bonds. The minimum Gasteiger partial charge on any atom is -0.480 e. The molecule has 0 unspecified atom stereocenters. The van der Waals surface area contributed by atoms with E-state index in [-0.39, 0.29) is 24.3 Å². The SMILES string of the molecule is CC(=O)NCSC(C)(C)[C@H](NC(=O)OCC1c2ccccc2-c2ccccc21)C(=O)O. The van der Waals surface area contributed by atoms with E-state index in [2.05, 4.69) is 10.6 Å². The molecular formula is C23H26N2O5S. The van der Waals surface area contributed by atoms with E-state index >= 15 is 0 Å². The second kappa shape index (κ2) is 9.43. The van der Waals surface area contributed by atoms with Crippen molar-refractivity contribution in [1.29, 1.82) is 0 Å². The van der Waals surface area contributed by atoms with Crippen LogP contribution in [0, 0.1) is 0 Å². The second-order valence-corrected chi connectivity index (χ2v) is 9.50. The Morgan fingerprint density at radius 3 is 2.13 bits per heavy atom. The lowest BCUT2D eigenvalue weighted by Crippen LogP contribution is -2.53. The fourth-order valence-electron chi connectivity index (χ4n) is 3.70. The van der Waals surface area contributed by atoms with Gasteiger partial charge in [0.2, 0.25) is 5.91 Å². The Morgan fingerprint density at radius 1 is 1.06 bits per heavy atom. The summed E-state index contributed by atoms with van der Waals surface area (Å²) < 4.78 is 4.59. The Morgan fingerprint density at radius 2 is 1.61 bits per heavy atom. The number of amides is 2. The molecule has 0 heterocycles. The molecule has 7 nitrogen and oxygen atoms in total. The van der Waals surface area contributed by atoms with Gasteiger partial charge in [-0.25, -0.2) is 9.59 Å². The van der Waals surface area contributed by atoms with Gasteiger partial charge in [0.1, 0.15) is 12.6 Å². The lowest BCUT2D eigenvalue weighted by atomic mass is 9.98. The van der Waals surface area contributed by atoms with Crippen molar-refractivity contribution in [3.05, 3.63) is 59.7 Å². The molecular weight excluding hydrogens is 416 g/mol. The summed E-state index contributed by atoms with van der Waals surface area (Å²) in [4.78, 5) is 35.4. The van der Waals surface area contributed by atoms with E-state index in [9.17, 15) is 19.5 Å². The van der Waals surface area contributed by atoms with E-state index in [1.807, 2.05) is 48.5 Å². The van der Waals surface area contributed by atoms with Gasteiger partial charge in [-0.05, 0) is 36.1 Å². The molecule has 0 aliphatic heterocycles. The van der Waals surface area contributed by atoms with Gasteiger partial charge in [0, 0.05) is 17.6 Å². The number of carboxylic acid groups (broad SMARTS) is 1. The number of ether oxygens (including phenoxy) is 1. The van der Waals surface area contributed by atoms with Crippen LogP contribution in [0.4, 0.5) is 4.79 Å². The van der Waals surface area contributed by atoms with E-state index < -0.39 is 22.9 Å². The highest BCUT2D eigenvalue weighted by atomic mass is 32.2. The van der Waals surface area contributed by atoms with Gasteiger partial charge in [0.25, 0.3) is 0 Å². The number of benzene rings is 2. The quantitative estimate of drug-likeness (QED) is 0.540. The predicted molar refractivity (Wildman–Crippen MR) is 120 cm³/mol. The highest BCUT2D eigenvalue weighted by molar-refractivity contribution is 8.00. The van der Waals surface area contributed by atoms with Crippen molar-refractivity contribution in [2.75, 3.05) is 12.5 Å². The molecule has 0 radical (unpaired) electrons. The number of alkyl carbamates (subject to hydrolysis) is 1. The third kappa shape index (κ3) is 5.19. The van der Waals surface area contributed by atoms with Gasteiger partial charge in [0.15, 0.2) is 0 Å². The van der Waals surface area contributed by atoms with Crippen LogP contribution in [-0.4, -0.2) is 46.3 Å². The number of hydrogen-bond acceptors (Lipinski definition) is 5. The Hall–Kier alpha value is -3.00. The zero-order valence-corrected chi connectivity index (χ0v) is 18.5. The van der Waals surface area contributed by atoms with Gasteiger partial charge >= 0.3 is 12.1 Å². The molecule has 0 saturated heterocycles. The van der Waals surface area contributed by atoms with Gasteiger partial charge < -0.3 is 20.5 Å². The second-order valence-electron chi connectivity index (χ2n) is 7.87. The van der Waals surface area contributed by atoms with Crippen molar-refractivity contribution < 1.29 is 24.2 Å². The third-order valence-electron chi connectivity index (χ3n) is 5.31. The standard InChI is InChI=1S/C23H26N2O5S/c1-14(26)24-13-31-23(2,3)20(21(27)28)25-22(29)30-12-19-17-10-6-4-8-15(17)16-9-5-7-11-18(16)19/h4-11,19-20H,12-13H2,1-3H3,(H,24,26)(H,25,29)(H,27,28)/t20-/m1/s1. The van der Waals surface area contributed by atoms with Crippen molar-refractivity contribution in [3.63, 3.8) is 0 Å². The normalized spacial score (nSPS) is 13.6. The summed E-state index contributed by atoms with van der Waals surface area (Å²) in [5, 5.41) is 14.7. The van der Waals surface area contributed by atoms with E-state index in [1.165, 1.54) is 18.7 Å². The maximum Gasteiger partial charge on any atom is 0.407 e. The average Bonchev–Trinajstić information content (AvgIpc) is 3.03. The highest BCUT2D eigenvalue weighted by Crippen LogP contribution is 2.44. The number of carbonyl (C=O) groups excluding carboxylic acids is 2. The molecule has 31 heavy (non-hydrogen) atoms. The van der Waals surface area contributed by atoms with Crippen LogP contribution < -0.4 is 10.6 Å². The van der Waals surface area contributed by atoms with Crippen LogP contribution in [-0.2, 0) is 14.3 Å². The predicted octanol–water partition coefficient (Wildman–Crippen LogP) is 3.58. The topological polar surface area (TPSA) is 105 Å². The summed E-state index contributed by atoms with van der Waals surface area (Å²) in [6.07, 6.45) is -0.789. The minimum atomic E-state index is -1.19. The number of aliphatic carboxylic acids is 1. The number of carbonyl (C=O) groups is 3. The van der Waals surface area contributed by atoms with Crippen molar-refractivity contribution in [3.8, 4) is 11.1 Å². The Kier molecular flexibility index (Phi) is 6.90. The summed E-state index contributed by atoms with van der Waals surface area (Å²) in [5.41, 5.74) is 4.40. The molecule has 8 heteroatoms. The van der Waals surface area contributed by atoms with Crippen molar-refractivity contribution in [2.45, 2.75) is 37.5 Å². The van der Waals surface area contributed by atoms with Gasteiger partial charge in [-0.15, -0.1) is 11.8 Å². The monoisotopic (exact) mass is 442 g/mol. The number of fused-ring (bicyclic) bond motifs is 3. The first kappa shape index (κ1) is 22.7. The number of rotatable bonds is 8. The summed E-state index contributed by atoms with van der Waals surface area (Å²) >= 11 is 1.23. The molecule has 1 aliphatic carbocycles. The van der Waals surface area contributed by atoms with Gasteiger partial charge in [0.05, 0.1) is 5.88 Å². The summed E-state index contributed by atoms with van der Waals surface area (Å²) in [5.74, 6) is -1.25. The lowest BCUT2D eigenvalue weighted by molar-refractivity contribution is -0.140. The number of carboxylic acids is 1. The smallest absolute Gasteiger partial charge is 0.407 e. The number of thioether (sulfide) groups is 1. The van der Waals surface area contributed by atoms with Crippen LogP contribution >= 0.6 is 11.8 Å². The molecule has 0 fully saturated rings. The first-order valence-corrected chi connectivity index (χ1v) is 10.9. The summed E-state index contributed by atoms with van der Waals surface area (Å²) in [6, 6.07) is 14.8. The number of nitrogens with one attached hydrogen (secondary N) is 2. The Bertz CT molecular complexity index is 946. The molecule has 0 bridgehead atoms. The van der Waals surface area contributed by atoms with Crippen LogP contribution in [0.15, 0.2) is 48.5 Å². The van der Waals surface area contributed by atoms with Gasteiger partial charge in [-0.2, -0.15) is 0 Å². The van der Waals surface area contributed by atoms with E-state index in [0.29, 0.717) is 0 Å². The van der Waals surface area contributed by atoms with Crippen LogP contribution in [0.25, 0.3) is 11.1 Å². The maximum atomic E-state index is 12.5. The summed E-state index contributed by atoms with van der Waals surface area (Å²) in [7, 11) is 0. The molecule has 3 rings (SSSR count). The fraction of sp³-hybridized carbons (Fsp3) is 0.348. The van der Waals surface area contributed by atoms with Crippen molar-refractivity contribution in [2.24, 2.45) is 0 Å². The highest BCUT2D eigenvalue weighted by Gasteiger charge is 2.38. The average molecular weight is 443 g/mol. The van der Waals surface area contributed by atoms with Crippen LogP contribution in [0.1, 0.15) is 37.8 Å². The van der Waals surface area contributed by atoms with Crippen LogP contribution in [0.5, 0.6) is 0 Å². The number of hydrogen-bond donors (Lipinski definition) is 3. The molecule has 0 saturated carbocycles. The third-order valence-corrected chi connectivity index (χ3v) is 6.58. The maximum absolute atomic E-state index is 12.5. The van der Waals surface area contributed by atoms with Gasteiger partial charge in [-0.1, -0.05) is 48.5 Å². The molecule has 3 N–H and O–H groups in total. The van der Waals surface area contributed by atoms with Crippen molar-refractivity contribution in [1.82, 2.24) is 10.6 Å². The molecule has 1 aliphatic rings. The zero-order chi connectivity index (χ0) is 22.6. The molecule has 0 aromatic heterocycles. The fourth-order valence-corrected chi connectivity index (χ4v) is 4.67. The van der Waals surface area contributed by atoms with E-state index in [4.69, 9.17) is 4.74 Å². The first-order valence-electron chi connectivity index (χ1n) is 9.93. The molecule has 2 aromatic carbocycles. The van der Waals surface area contributed by atoms with Crippen LogP contribution in [0.3, 0.4) is 0 Å². The van der Waals surface area contributed by atoms with Crippen LogP contribution in [0.2, 0.25) is 0 Å². The lowest BCUT2D eigenvalue weighted by Gasteiger charge is -2.31. The Labute approximate surface area is 185 Å². The molecule has 2 aromatic rings. The van der Waals surface area contributed by atoms with Crippen molar-refractivity contribution >= 4 is 29.7 Å². The molecule has 164 valence electrons. The van der Waals surface area contributed by atoms with E-state index in [0.717, 1.165) is 22.3 Å². The summed E-state index contributed by atoms with van der Waals surface area (Å²) in [6.45, 7) is 4.88. The minimum absolute atomic E-state index is 0.103. The zero-order valence-electron chi connectivity index (χ0n) is 17.7. The largest absolute Gasteiger partial charge is 0.480 e.